The molecule has 33 heavy (non-hydrogen) atoms. The van der Waals surface area contributed by atoms with Gasteiger partial charge in [-0.15, -0.1) is 0 Å². The lowest BCUT2D eigenvalue weighted by Crippen LogP contribution is -2.40. The number of phenolic OH excluding ortho intramolecular Hbond substituents is 1. The maximum Gasteiger partial charge on any atom is 0.331 e. The fraction of sp³-hybridized carbons (Fsp3) is 0.280. The van der Waals surface area contributed by atoms with E-state index in [0.717, 1.165) is 15.7 Å². The van der Waals surface area contributed by atoms with E-state index in [9.17, 15) is 14.7 Å². The molecule has 0 saturated heterocycles. The van der Waals surface area contributed by atoms with Crippen molar-refractivity contribution in [1.82, 2.24) is 13.7 Å². The van der Waals surface area contributed by atoms with Gasteiger partial charge in [0.1, 0.15) is 11.9 Å². The van der Waals surface area contributed by atoms with Gasteiger partial charge in [-0.3, -0.25) is 13.9 Å². The minimum atomic E-state index is -0.577. The molecule has 1 aliphatic heterocycles. The van der Waals surface area contributed by atoms with Gasteiger partial charge in [0.05, 0.1) is 34.4 Å². The Hall–Kier alpha value is -3.29. The van der Waals surface area contributed by atoms with Crippen molar-refractivity contribution in [2.45, 2.75) is 25.5 Å². The van der Waals surface area contributed by atoms with Crippen LogP contribution in [0.2, 0.25) is 5.02 Å². The lowest BCUT2D eigenvalue weighted by atomic mass is 9.98. The average molecular weight is 466 g/mol. The van der Waals surface area contributed by atoms with Gasteiger partial charge in [-0.25, -0.2) is 4.79 Å². The van der Waals surface area contributed by atoms with Crippen LogP contribution in [-0.2, 0) is 24.4 Å². The molecule has 0 saturated carbocycles. The van der Waals surface area contributed by atoms with Gasteiger partial charge in [-0.1, -0.05) is 35.9 Å². The number of benzene rings is 2. The lowest BCUT2D eigenvalue weighted by Gasteiger charge is -2.39. The predicted molar refractivity (Wildman–Crippen MR) is 128 cm³/mol. The summed E-state index contributed by atoms with van der Waals surface area (Å²) in [6, 6.07) is 14.2. The summed E-state index contributed by atoms with van der Waals surface area (Å²) in [5.74, 6) is 0.117. The third-order valence-electron chi connectivity index (χ3n) is 6.36. The summed E-state index contributed by atoms with van der Waals surface area (Å²) >= 11 is 6.15. The van der Waals surface area contributed by atoms with Crippen molar-refractivity contribution < 1.29 is 9.84 Å². The van der Waals surface area contributed by atoms with Crippen LogP contribution in [0.5, 0.6) is 5.75 Å². The number of phenols is 1. The normalized spacial score (nSPS) is 17.3. The molecule has 0 aliphatic carbocycles. The number of hydrogen-bond donors (Lipinski definition) is 1. The Balaban J connectivity index is 2.01. The molecular formula is C25H24ClN3O4. The number of hydrogen-bond acceptors (Lipinski definition) is 4. The molecule has 2 aromatic heterocycles. The molecule has 1 atom stereocenters. The number of ether oxygens (including phenoxy) is 1. The molecule has 0 bridgehead atoms. The standard InChI is InChI=1S/C25H24ClN3O4/c1-25(2)13-33-22(15-6-5-7-17(30)12-15)21-20-18(23(31)28(4)24(32)27(20)3)19(29(21)25)14-8-10-16(26)11-9-14/h5-12,22,30H,13H2,1-4H3/t22-/m1/s1. The van der Waals surface area contributed by atoms with Gasteiger partial charge in [-0.2, -0.15) is 0 Å². The molecule has 0 spiro atoms. The zero-order valence-electron chi connectivity index (χ0n) is 18.8. The Morgan fingerprint density at radius 1 is 1.06 bits per heavy atom. The Morgan fingerprint density at radius 3 is 2.42 bits per heavy atom. The summed E-state index contributed by atoms with van der Waals surface area (Å²) in [5, 5.41) is 11.1. The van der Waals surface area contributed by atoms with E-state index in [1.165, 1.54) is 11.6 Å². The number of halogens is 1. The minimum Gasteiger partial charge on any atom is -0.508 e. The summed E-state index contributed by atoms with van der Waals surface area (Å²) in [5.41, 5.74) is 2.19. The van der Waals surface area contributed by atoms with Crippen LogP contribution >= 0.6 is 11.6 Å². The Labute approximate surface area is 195 Å². The molecule has 8 heteroatoms. The largest absolute Gasteiger partial charge is 0.508 e. The third kappa shape index (κ3) is 3.14. The quantitative estimate of drug-likeness (QED) is 0.486. The summed E-state index contributed by atoms with van der Waals surface area (Å²) < 4.78 is 11.1. The monoisotopic (exact) mass is 465 g/mol. The van der Waals surface area contributed by atoms with Crippen LogP contribution in [0.1, 0.15) is 31.2 Å². The zero-order chi connectivity index (χ0) is 23.7. The van der Waals surface area contributed by atoms with Gasteiger partial charge in [0.15, 0.2) is 0 Å². The fourth-order valence-corrected chi connectivity index (χ4v) is 4.95. The highest BCUT2D eigenvalue weighted by Gasteiger charge is 2.40. The smallest absolute Gasteiger partial charge is 0.331 e. The molecule has 4 aromatic rings. The molecule has 0 radical (unpaired) electrons. The summed E-state index contributed by atoms with van der Waals surface area (Å²) in [4.78, 5) is 26.5. The number of nitrogens with zero attached hydrogens (tertiary/aromatic N) is 3. The minimum absolute atomic E-state index is 0.117. The lowest BCUT2D eigenvalue weighted by molar-refractivity contribution is -0.00714. The predicted octanol–water partition coefficient (Wildman–Crippen LogP) is 3.92. The summed E-state index contributed by atoms with van der Waals surface area (Å²) in [7, 11) is 3.15. The number of fused-ring (bicyclic) bond motifs is 3. The van der Waals surface area contributed by atoms with Crippen molar-refractivity contribution in [3.05, 3.63) is 85.6 Å². The maximum absolute atomic E-state index is 13.5. The third-order valence-corrected chi connectivity index (χ3v) is 6.61. The van der Waals surface area contributed by atoms with Gasteiger partial charge in [0.25, 0.3) is 5.56 Å². The summed E-state index contributed by atoms with van der Waals surface area (Å²) in [6.07, 6.45) is -0.577. The van der Waals surface area contributed by atoms with Crippen LogP contribution in [0.25, 0.3) is 22.2 Å². The van der Waals surface area contributed by atoms with Gasteiger partial charge < -0.3 is 14.4 Å². The van der Waals surface area contributed by atoms with Crippen LogP contribution in [0.4, 0.5) is 0 Å². The number of rotatable bonds is 2. The van der Waals surface area contributed by atoms with E-state index < -0.39 is 17.3 Å². The van der Waals surface area contributed by atoms with Gasteiger partial charge in [0, 0.05) is 19.1 Å². The Kier molecular flexibility index (Phi) is 4.81. The molecule has 2 aromatic carbocycles. The van der Waals surface area contributed by atoms with Crippen molar-refractivity contribution in [1.29, 1.82) is 0 Å². The highest BCUT2D eigenvalue weighted by atomic mass is 35.5. The van der Waals surface area contributed by atoms with Crippen molar-refractivity contribution in [2.24, 2.45) is 14.1 Å². The molecule has 170 valence electrons. The van der Waals surface area contributed by atoms with E-state index in [0.29, 0.717) is 33.9 Å². The second-order valence-electron chi connectivity index (χ2n) is 9.10. The van der Waals surface area contributed by atoms with Crippen LogP contribution < -0.4 is 11.2 Å². The first-order valence-electron chi connectivity index (χ1n) is 10.6. The van der Waals surface area contributed by atoms with Crippen LogP contribution in [0.15, 0.2) is 58.1 Å². The first kappa shape index (κ1) is 21.6. The molecule has 3 heterocycles. The van der Waals surface area contributed by atoms with Gasteiger partial charge in [-0.05, 0) is 49.2 Å². The van der Waals surface area contributed by atoms with Crippen molar-refractivity contribution >= 4 is 22.5 Å². The first-order valence-corrected chi connectivity index (χ1v) is 11.0. The number of aromatic nitrogens is 3. The van der Waals surface area contributed by atoms with Crippen LogP contribution in [0.3, 0.4) is 0 Å². The second-order valence-corrected chi connectivity index (χ2v) is 9.54. The van der Waals surface area contributed by atoms with Crippen molar-refractivity contribution in [3.63, 3.8) is 0 Å². The SMILES string of the molecule is Cn1c(=O)c2c(-c3ccc(Cl)cc3)n3c(c2n(C)c1=O)[C@@H](c1cccc(O)c1)OCC3(C)C. The van der Waals surface area contributed by atoms with Crippen LogP contribution in [0, 0.1) is 0 Å². The Morgan fingerprint density at radius 2 is 1.76 bits per heavy atom. The van der Waals surface area contributed by atoms with E-state index in [1.807, 2.05) is 32.0 Å². The molecular weight excluding hydrogens is 442 g/mol. The molecule has 5 rings (SSSR count). The van der Waals surface area contributed by atoms with Crippen molar-refractivity contribution in [2.75, 3.05) is 6.61 Å². The van der Waals surface area contributed by atoms with Crippen LogP contribution in [-0.4, -0.2) is 25.4 Å². The fourth-order valence-electron chi connectivity index (χ4n) is 4.82. The molecule has 0 fully saturated rings. The molecule has 0 unspecified atom stereocenters. The van der Waals surface area contributed by atoms with Gasteiger partial charge >= 0.3 is 5.69 Å². The topological polar surface area (TPSA) is 78.4 Å². The Bertz CT molecular complexity index is 1530. The summed E-state index contributed by atoms with van der Waals surface area (Å²) in [6.45, 7) is 4.45. The number of aryl methyl sites for hydroxylation is 1. The van der Waals surface area contributed by atoms with Gasteiger partial charge in [0.2, 0.25) is 0 Å². The second kappa shape index (κ2) is 7.37. The molecule has 1 aliphatic rings. The average Bonchev–Trinajstić information content (AvgIpc) is 3.14. The molecule has 7 nitrogen and oxygen atoms in total. The maximum atomic E-state index is 13.5. The zero-order valence-corrected chi connectivity index (χ0v) is 19.6. The first-order chi connectivity index (χ1) is 15.6. The van der Waals surface area contributed by atoms with E-state index in [2.05, 4.69) is 4.57 Å². The molecule has 1 N–H and O–H groups in total. The van der Waals surface area contributed by atoms with E-state index in [4.69, 9.17) is 16.3 Å². The highest BCUT2D eigenvalue weighted by molar-refractivity contribution is 6.30. The van der Waals surface area contributed by atoms with E-state index in [1.54, 1.807) is 37.4 Å². The van der Waals surface area contributed by atoms with Crippen molar-refractivity contribution in [3.8, 4) is 17.0 Å². The van der Waals surface area contributed by atoms with E-state index >= 15 is 0 Å². The highest BCUT2D eigenvalue weighted by Crippen LogP contribution is 2.45. The van der Waals surface area contributed by atoms with E-state index in [-0.39, 0.29) is 11.3 Å². The number of aromatic hydroxyl groups is 1. The molecule has 0 amide bonds.